The van der Waals surface area contributed by atoms with Crippen molar-refractivity contribution in [3.63, 3.8) is 0 Å². The monoisotopic (exact) mass is 343 g/mol. The number of halogens is 1. The molecule has 1 N–H and O–H groups in total. The molecule has 0 atom stereocenters. The molecule has 7 heteroatoms. The van der Waals surface area contributed by atoms with Crippen LogP contribution in [0.3, 0.4) is 0 Å². The molecule has 3 rings (SSSR count). The molecule has 2 heterocycles. The maximum Gasteiger partial charge on any atom is 0.526 e. The van der Waals surface area contributed by atoms with Crippen molar-refractivity contribution in [2.75, 3.05) is 13.7 Å². The lowest BCUT2D eigenvalue weighted by atomic mass is 9.82. The van der Waals surface area contributed by atoms with Gasteiger partial charge in [0.15, 0.2) is 11.5 Å². The topological polar surface area (TPSA) is 60.8 Å². The van der Waals surface area contributed by atoms with Crippen molar-refractivity contribution >= 4 is 12.7 Å². The number of hydrogen-bond donors (Lipinski definition) is 1. The van der Waals surface area contributed by atoms with Gasteiger partial charge in [-0.3, -0.25) is 4.98 Å². The Morgan fingerprint density at radius 3 is 2.72 bits per heavy atom. The van der Waals surface area contributed by atoms with Crippen LogP contribution in [0.5, 0.6) is 11.5 Å². The van der Waals surface area contributed by atoms with Crippen molar-refractivity contribution < 1.29 is 23.5 Å². The molecule has 0 unspecified atom stereocenters. The summed E-state index contributed by atoms with van der Waals surface area (Å²) in [5.41, 5.74) is 2.58. The second-order valence-corrected chi connectivity index (χ2v) is 5.73. The Morgan fingerprint density at radius 1 is 1.24 bits per heavy atom. The first kappa shape index (κ1) is 17.3. The summed E-state index contributed by atoms with van der Waals surface area (Å²) in [6, 6.07) is 4.75. The Bertz CT molecular complexity index is 797. The van der Waals surface area contributed by atoms with Gasteiger partial charge in [-0.2, -0.15) is 0 Å². The van der Waals surface area contributed by atoms with Crippen molar-refractivity contribution in [2.24, 2.45) is 0 Å². The molecule has 0 fully saturated rings. The molecule has 0 bridgehead atoms. The third kappa shape index (κ3) is 3.77. The van der Waals surface area contributed by atoms with Gasteiger partial charge < -0.3 is 19.2 Å². The number of rotatable bonds is 6. The Kier molecular flexibility index (Phi) is 5.24. The number of benzene rings is 1. The Balaban J connectivity index is 1.98. The molecule has 0 spiro atoms. The summed E-state index contributed by atoms with van der Waals surface area (Å²) >= 11 is 0. The zero-order valence-electron chi connectivity index (χ0n) is 14.2. The van der Waals surface area contributed by atoms with Crippen LogP contribution in [0.25, 0.3) is 16.7 Å². The van der Waals surface area contributed by atoms with Crippen LogP contribution in [-0.4, -0.2) is 30.8 Å². The maximum atomic E-state index is 14.6. The van der Waals surface area contributed by atoms with Crippen LogP contribution in [0, 0.1) is 5.82 Å². The van der Waals surface area contributed by atoms with Crippen LogP contribution in [0.4, 0.5) is 4.39 Å². The van der Waals surface area contributed by atoms with E-state index in [0.717, 1.165) is 17.6 Å². The molecule has 1 aromatic heterocycles. The van der Waals surface area contributed by atoms with Gasteiger partial charge in [0.1, 0.15) is 5.82 Å². The van der Waals surface area contributed by atoms with E-state index in [0.29, 0.717) is 35.6 Å². The highest BCUT2D eigenvalue weighted by Gasteiger charge is 2.24. The van der Waals surface area contributed by atoms with E-state index in [4.69, 9.17) is 14.1 Å². The molecule has 0 aliphatic carbocycles. The zero-order valence-corrected chi connectivity index (χ0v) is 14.2. The minimum atomic E-state index is -0.842. The van der Waals surface area contributed by atoms with Crippen molar-refractivity contribution in [1.29, 1.82) is 0 Å². The molecule has 1 aliphatic heterocycles. The highest BCUT2D eigenvalue weighted by molar-refractivity contribution is 6.47. The van der Waals surface area contributed by atoms with Crippen LogP contribution in [0.15, 0.2) is 36.9 Å². The Labute approximate surface area is 146 Å². The third-order valence-corrected chi connectivity index (χ3v) is 3.90. The molecule has 1 aliphatic rings. The number of pyridine rings is 1. The van der Waals surface area contributed by atoms with Gasteiger partial charge in [0.25, 0.3) is 0 Å². The normalized spacial score (nSPS) is 13.4. The van der Waals surface area contributed by atoms with Crippen molar-refractivity contribution in [3.05, 3.63) is 48.2 Å². The summed E-state index contributed by atoms with van der Waals surface area (Å²) in [5.74, 6) is 0.426. The first-order valence-electron chi connectivity index (χ1n) is 8.11. The number of hydrogen-bond acceptors (Lipinski definition) is 5. The maximum absolute atomic E-state index is 14.6. The summed E-state index contributed by atoms with van der Waals surface area (Å²) in [6.07, 6.45) is 5.97. The molecule has 2 aromatic rings. The van der Waals surface area contributed by atoms with Crippen LogP contribution in [0.1, 0.15) is 18.9 Å². The van der Waals surface area contributed by atoms with Crippen LogP contribution < -0.4 is 9.47 Å². The fourth-order valence-electron chi connectivity index (χ4n) is 2.63. The average Bonchev–Trinajstić information content (AvgIpc) is 3.07. The van der Waals surface area contributed by atoms with E-state index in [2.05, 4.69) is 4.98 Å². The second-order valence-electron chi connectivity index (χ2n) is 5.73. The average molecular weight is 343 g/mol. The van der Waals surface area contributed by atoms with Gasteiger partial charge in [0.05, 0.1) is 20.0 Å². The summed E-state index contributed by atoms with van der Waals surface area (Å²) in [7, 11) is 0.637. The Morgan fingerprint density at radius 2 is 2.04 bits per heavy atom. The van der Waals surface area contributed by atoms with Crippen LogP contribution >= 0.6 is 0 Å². The lowest BCUT2D eigenvalue weighted by Crippen LogP contribution is -2.08. The first-order valence-corrected chi connectivity index (χ1v) is 8.11. The summed E-state index contributed by atoms with van der Waals surface area (Å²) in [6.45, 7) is 2.51. The smallest absolute Gasteiger partial charge is 0.526 e. The lowest BCUT2D eigenvalue weighted by Gasteiger charge is -2.13. The molecule has 130 valence electrons. The third-order valence-electron chi connectivity index (χ3n) is 3.90. The molecule has 0 amide bonds. The van der Waals surface area contributed by atoms with Crippen molar-refractivity contribution in [3.8, 4) is 22.6 Å². The largest absolute Gasteiger partial charge is 0.542 e. The van der Waals surface area contributed by atoms with E-state index in [9.17, 15) is 9.41 Å². The molecular formula is C18H19BFNO4. The molecule has 1 aromatic carbocycles. The SMILES string of the molecule is CCCOc1cc(-c2cncc(C3=COB(O)C3)c2)c(F)cc1OC. The molecular weight excluding hydrogens is 324 g/mol. The van der Waals surface area contributed by atoms with E-state index in [1.54, 1.807) is 18.5 Å². The Hall–Kier alpha value is -2.54. The molecule has 0 radical (unpaired) electrons. The number of methoxy groups -OCH3 is 1. The molecule has 0 saturated carbocycles. The van der Waals surface area contributed by atoms with Crippen molar-refractivity contribution in [2.45, 2.75) is 19.7 Å². The quantitative estimate of drug-likeness (QED) is 0.813. The highest BCUT2D eigenvalue weighted by atomic mass is 19.1. The van der Waals surface area contributed by atoms with Gasteiger partial charge in [0.2, 0.25) is 0 Å². The number of allylic oxidation sites excluding steroid dienone is 1. The van der Waals surface area contributed by atoms with Gasteiger partial charge >= 0.3 is 7.12 Å². The highest BCUT2D eigenvalue weighted by Crippen LogP contribution is 2.36. The molecule has 5 nitrogen and oxygen atoms in total. The summed E-state index contributed by atoms with van der Waals surface area (Å²) in [5, 5.41) is 9.48. The van der Waals surface area contributed by atoms with Crippen LogP contribution in [0.2, 0.25) is 6.32 Å². The minimum Gasteiger partial charge on any atom is -0.542 e. The fraction of sp³-hybridized carbons (Fsp3) is 0.278. The van der Waals surface area contributed by atoms with E-state index in [1.807, 2.05) is 13.0 Å². The molecule has 0 saturated heterocycles. The predicted octanol–water partition coefficient (Wildman–Crippen LogP) is 3.54. The standard InChI is InChI=1S/C18H19BFNO4/c1-3-4-24-18-6-15(16(20)7-17(18)23-2)13-5-12(9-21-10-13)14-8-19(22)25-11-14/h5-7,9-11,22H,3-4,8H2,1-2H3. The van der Waals surface area contributed by atoms with E-state index in [-0.39, 0.29) is 0 Å². The number of nitrogens with zero attached hydrogens (tertiary/aromatic N) is 1. The van der Waals surface area contributed by atoms with Gasteiger partial charge in [-0.1, -0.05) is 6.92 Å². The van der Waals surface area contributed by atoms with E-state index >= 15 is 0 Å². The van der Waals surface area contributed by atoms with E-state index in [1.165, 1.54) is 19.4 Å². The summed E-state index contributed by atoms with van der Waals surface area (Å²) in [4.78, 5) is 4.19. The van der Waals surface area contributed by atoms with E-state index < -0.39 is 12.9 Å². The van der Waals surface area contributed by atoms with Crippen LogP contribution in [-0.2, 0) is 4.65 Å². The fourth-order valence-corrected chi connectivity index (χ4v) is 2.63. The van der Waals surface area contributed by atoms with Gasteiger partial charge in [-0.25, -0.2) is 4.39 Å². The zero-order chi connectivity index (χ0) is 17.8. The van der Waals surface area contributed by atoms with Gasteiger partial charge in [0, 0.05) is 35.9 Å². The van der Waals surface area contributed by atoms with Gasteiger partial charge in [-0.15, -0.1) is 0 Å². The molecule has 25 heavy (non-hydrogen) atoms. The van der Waals surface area contributed by atoms with Crippen molar-refractivity contribution in [1.82, 2.24) is 4.98 Å². The lowest BCUT2D eigenvalue weighted by molar-refractivity contribution is 0.293. The first-order chi connectivity index (χ1) is 12.1. The second kappa shape index (κ2) is 7.57. The summed E-state index contributed by atoms with van der Waals surface area (Å²) < 4.78 is 30.5. The number of aromatic nitrogens is 1. The predicted molar refractivity (Wildman–Crippen MR) is 93.8 cm³/mol. The minimum absolute atomic E-state index is 0.355. The van der Waals surface area contributed by atoms with Gasteiger partial charge in [-0.05, 0) is 29.7 Å². The number of ether oxygens (including phenoxy) is 2.